The van der Waals surface area contributed by atoms with Gasteiger partial charge in [0.1, 0.15) is 12.2 Å². The summed E-state index contributed by atoms with van der Waals surface area (Å²) < 4.78 is 52.4. The zero-order chi connectivity index (χ0) is 31.7. The Labute approximate surface area is 265 Å². The van der Waals surface area contributed by atoms with E-state index in [0.29, 0.717) is 32.1 Å². The third kappa shape index (κ3) is 7.05. The number of aliphatic hydroxyl groups excluding tert-OH is 1. The number of hydrogen-bond donors (Lipinski definition) is 2. The summed E-state index contributed by atoms with van der Waals surface area (Å²) in [6.45, 7) is 7.09. The molecular formula is C33H43N3O8S. The smallest absolute Gasteiger partial charge is 0.407 e. The van der Waals surface area contributed by atoms with Gasteiger partial charge in [0.05, 0.1) is 36.8 Å². The molecule has 0 aromatic heterocycles. The lowest BCUT2D eigenvalue weighted by Gasteiger charge is -2.31. The van der Waals surface area contributed by atoms with E-state index in [0.717, 1.165) is 17.5 Å². The Morgan fingerprint density at radius 2 is 1.80 bits per heavy atom. The number of rotatable bonds is 12. The summed E-state index contributed by atoms with van der Waals surface area (Å²) in [7, 11) is -3.98. The number of nitrogens with one attached hydrogen (secondary N) is 1. The summed E-state index contributed by atoms with van der Waals surface area (Å²) in [6.07, 6.45) is -1.47. The Hall–Kier alpha value is -3.03. The normalized spacial score (nSPS) is 28.5. The molecule has 12 heteroatoms. The quantitative estimate of drug-likeness (QED) is 0.360. The zero-order valence-corrected chi connectivity index (χ0v) is 26.8. The fourth-order valence-corrected chi connectivity index (χ4v) is 8.61. The van der Waals surface area contributed by atoms with Crippen LogP contribution in [0.4, 0.5) is 4.79 Å². The van der Waals surface area contributed by atoms with Crippen LogP contribution in [0.5, 0.6) is 0 Å². The van der Waals surface area contributed by atoms with Gasteiger partial charge in [0, 0.05) is 37.8 Å². The van der Waals surface area contributed by atoms with Crippen molar-refractivity contribution in [2.75, 3.05) is 32.8 Å². The highest BCUT2D eigenvalue weighted by Gasteiger charge is 2.56. The SMILES string of the molecule is CC1=NCC(c2ccc(S(=O)(=O)N(CC(C)C)C[C@@H](O)[C@H](Cc3ccccc3)NC(=O)OC3C4COC5OCC3C5C4)cc2)O1. The molecule has 1 amide bonds. The second-order valence-electron chi connectivity index (χ2n) is 13.0. The fraction of sp³-hybridized carbons (Fsp3) is 0.576. The van der Waals surface area contributed by atoms with Crippen molar-refractivity contribution in [2.24, 2.45) is 28.7 Å². The summed E-state index contributed by atoms with van der Waals surface area (Å²) in [4.78, 5) is 17.7. The first kappa shape index (κ1) is 31.9. The van der Waals surface area contributed by atoms with Gasteiger partial charge in [0.25, 0.3) is 0 Å². The summed E-state index contributed by atoms with van der Waals surface area (Å²) in [5, 5.41) is 14.5. The molecule has 1 saturated carbocycles. The molecule has 2 saturated heterocycles. The van der Waals surface area contributed by atoms with Crippen LogP contribution < -0.4 is 5.32 Å². The monoisotopic (exact) mass is 641 g/mol. The Bertz CT molecular complexity index is 1470. The first-order chi connectivity index (χ1) is 21.6. The second kappa shape index (κ2) is 13.4. The van der Waals surface area contributed by atoms with E-state index in [-0.39, 0.29) is 60.2 Å². The van der Waals surface area contributed by atoms with Crippen LogP contribution >= 0.6 is 0 Å². The van der Waals surface area contributed by atoms with Gasteiger partial charge < -0.3 is 29.4 Å². The molecule has 0 radical (unpaired) electrons. The molecule has 0 spiro atoms. The topological polar surface area (TPSA) is 136 Å². The maximum atomic E-state index is 13.9. The minimum absolute atomic E-state index is 0.00911. The molecule has 8 atom stereocenters. The van der Waals surface area contributed by atoms with Crippen molar-refractivity contribution in [1.82, 2.24) is 9.62 Å². The molecule has 2 aromatic rings. The number of nitrogens with zero attached hydrogens (tertiary/aromatic N) is 2. The highest BCUT2D eigenvalue weighted by molar-refractivity contribution is 7.89. The largest absolute Gasteiger partial charge is 0.471 e. The number of aliphatic imine (C=N–C) groups is 1. The van der Waals surface area contributed by atoms with Crippen LogP contribution in [0.2, 0.25) is 0 Å². The van der Waals surface area contributed by atoms with E-state index in [1.807, 2.05) is 44.2 Å². The average Bonchev–Trinajstić information content (AvgIpc) is 3.71. The van der Waals surface area contributed by atoms with Crippen LogP contribution in [0.25, 0.3) is 0 Å². The molecule has 45 heavy (non-hydrogen) atoms. The second-order valence-corrected chi connectivity index (χ2v) is 14.9. The molecule has 2 aromatic carbocycles. The van der Waals surface area contributed by atoms with Gasteiger partial charge in [-0.2, -0.15) is 4.31 Å². The van der Waals surface area contributed by atoms with Gasteiger partial charge in [-0.3, -0.25) is 4.99 Å². The van der Waals surface area contributed by atoms with Crippen molar-refractivity contribution in [3.8, 4) is 0 Å². The third-order valence-corrected chi connectivity index (χ3v) is 11.1. The van der Waals surface area contributed by atoms with Crippen LogP contribution in [-0.2, 0) is 35.4 Å². The molecule has 3 aliphatic heterocycles. The number of benzene rings is 2. The standard InChI is InChI=1S/C33H43N3O8S/c1-20(2)16-36(45(39,40)25-11-9-23(10-12-25)30-15-34-21(3)43-30)17-29(37)28(13-22-7-5-4-6-8-22)35-33(38)44-31-24-14-26-27(31)19-42-32(26)41-18-24/h4-12,20,24,26-32,37H,13-19H2,1-3H3,(H,35,38)/t24?,26?,27?,28-,29+,30?,31?,32?/m0/s1. The van der Waals surface area contributed by atoms with E-state index < -0.39 is 28.3 Å². The van der Waals surface area contributed by atoms with Crippen molar-refractivity contribution >= 4 is 22.0 Å². The Morgan fingerprint density at radius 1 is 1.07 bits per heavy atom. The maximum absolute atomic E-state index is 13.9. The molecular weight excluding hydrogens is 598 g/mol. The first-order valence-electron chi connectivity index (χ1n) is 15.8. The van der Waals surface area contributed by atoms with Crippen LogP contribution in [-0.4, -0.2) is 87.2 Å². The molecule has 3 fully saturated rings. The molecule has 2 N–H and O–H groups in total. The summed E-state index contributed by atoms with van der Waals surface area (Å²) in [5.74, 6) is 1.01. The van der Waals surface area contributed by atoms with E-state index in [1.54, 1.807) is 31.2 Å². The lowest BCUT2D eigenvalue weighted by molar-refractivity contribution is -0.169. The van der Waals surface area contributed by atoms with Crippen LogP contribution in [0.15, 0.2) is 64.5 Å². The van der Waals surface area contributed by atoms with Gasteiger partial charge in [-0.05, 0) is 42.0 Å². The van der Waals surface area contributed by atoms with Gasteiger partial charge in [-0.25, -0.2) is 13.2 Å². The predicted octanol–water partition coefficient (Wildman–Crippen LogP) is 3.53. The molecule has 244 valence electrons. The maximum Gasteiger partial charge on any atom is 0.407 e. The van der Waals surface area contributed by atoms with Gasteiger partial charge in [-0.1, -0.05) is 56.3 Å². The first-order valence-corrected chi connectivity index (χ1v) is 17.2. The average molecular weight is 642 g/mol. The van der Waals surface area contributed by atoms with E-state index in [4.69, 9.17) is 18.9 Å². The van der Waals surface area contributed by atoms with E-state index in [9.17, 15) is 18.3 Å². The number of fused-ring (bicyclic) bond motifs is 1. The van der Waals surface area contributed by atoms with E-state index >= 15 is 0 Å². The molecule has 11 nitrogen and oxygen atoms in total. The molecule has 6 rings (SSSR count). The van der Waals surface area contributed by atoms with Crippen molar-refractivity contribution in [2.45, 2.75) is 69.2 Å². The number of alkyl carbamates (subject to hydrolysis) is 1. The lowest BCUT2D eigenvalue weighted by atomic mass is 9.98. The van der Waals surface area contributed by atoms with E-state index in [2.05, 4.69) is 10.3 Å². The number of ether oxygens (including phenoxy) is 4. The number of amides is 1. The number of carbonyl (C=O) groups is 1. The van der Waals surface area contributed by atoms with Crippen molar-refractivity contribution in [3.05, 3.63) is 65.7 Å². The molecule has 2 bridgehead atoms. The minimum Gasteiger partial charge on any atom is -0.471 e. The number of hydrogen-bond acceptors (Lipinski definition) is 9. The number of sulfonamides is 1. The third-order valence-electron chi connectivity index (χ3n) is 9.24. The highest BCUT2D eigenvalue weighted by atomic mass is 32.2. The van der Waals surface area contributed by atoms with Crippen LogP contribution in [0, 0.1) is 23.7 Å². The number of carbonyl (C=O) groups excluding carboxylic acids is 1. The van der Waals surface area contributed by atoms with Gasteiger partial charge in [0.15, 0.2) is 12.2 Å². The molecule has 4 aliphatic rings. The van der Waals surface area contributed by atoms with E-state index in [1.165, 1.54) is 4.31 Å². The minimum atomic E-state index is -3.98. The fourth-order valence-electron chi connectivity index (χ4n) is 6.99. The van der Waals surface area contributed by atoms with Gasteiger partial charge >= 0.3 is 6.09 Å². The van der Waals surface area contributed by atoms with Crippen LogP contribution in [0.3, 0.4) is 0 Å². The Kier molecular flexibility index (Phi) is 9.49. The van der Waals surface area contributed by atoms with Gasteiger partial charge in [-0.15, -0.1) is 0 Å². The predicted molar refractivity (Wildman–Crippen MR) is 166 cm³/mol. The Balaban J connectivity index is 1.17. The molecule has 3 heterocycles. The summed E-state index contributed by atoms with van der Waals surface area (Å²) in [6, 6.07) is 15.3. The summed E-state index contributed by atoms with van der Waals surface area (Å²) >= 11 is 0. The Morgan fingerprint density at radius 3 is 2.49 bits per heavy atom. The molecule has 6 unspecified atom stereocenters. The van der Waals surface area contributed by atoms with Crippen molar-refractivity contribution < 1.29 is 37.3 Å². The highest BCUT2D eigenvalue weighted by Crippen LogP contribution is 2.49. The lowest BCUT2D eigenvalue weighted by Crippen LogP contribution is -2.52. The van der Waals surface area contributed by atoms with Crippen molar-refractivity contribution in [3.63, 3.8) is 0 Å². The summed E-state index contributed by atoms with van der Waals surface area (Å²) in [5.41, 5.74) is 1.73. The van der Waals surface area contributed by atoms with Gasteiger partial charge in [0.2, 0.25) is 10.0 Å². The number of aliphatic hydroxyl groups is 1. The van der Waals surface area contributed by atoms with Crippen LogP contribution in [0.1, 0.15) is 44.4 Å². The zero-order valence-electron chi connectivity index (χ0n) is 25.9. The molecule has 1 aliphatic carbocycles. The van der Waals surface area contributed by atoms with Crippen molar-refractivity contribution in [1.29, 1.82) is 0 Å².